The van der Waals surface area contributed by atoms with Gasteiger partial charge in [0, 0.05) is 25.3 Å². The molecule has 1 fully saturated rings. The zero-order chi connectivity index (χ0) is 24.3. The van der Waals surface area contributed by atoms with Crippen LogP contribution in [0.25, 0.3) is 23.8 Å². The summed E-state index contributed by atoms with van der Waals surface area (Å²) in [5.74, 6) is 0. The summed E-state index contributed by atoms with van der Waals surface area (Å²) in [4.78, 5) is 2.49. The zero-order valence-electron chi connectivity index (χ0n) is 19.9. The third-order valence-corrected chi connectivity index (χ3v) is 7.21. The molecule has 2 aliphatic rings. The van der Waals surface area contributed by atoms with Gasteiger partial charge in [0.15, 0.2) is 0 Å². The summed E-state index contributed by atoms with van der Waals surface area (Å²) in [7, 11) is -3.25. The summed E-state index contributed by atoms with van der Waals surface area (Å²) in [5, 5.41) is 0. The highest BCUT2D eigenvalue weighted by Crippen LogP contribution is 2.38. The first-order chi connectivity index (χ1) is 17.0. The molecule has 1 heterocycles. The highest BCUT2D eigenvalue weighted by molar-refractivity contribution is 7.92. The Morgan fingerprint density at radius 1 is 0.829 bits per heavy atom. The van der Waals surface area contributed by atoms with Gasteiger partial charge in [0.25, 0.3) is 0 Å². The second-order valence-electron chi connectivity index (χ2n) is 9.19. The van der Waals surface area contributed by atoms with Crippen molar-refractivity contribution in [1.82, 2.24) is 4.90 Å². The van der Waals surface area contributed by atoms with E-state index in [2.05, 4.69) is 82.5 Å². The van der Waals surface area contributed by atoms with E-state index in [1.54, 1.807) is 17.7 Å². The minimum atomic E-state index is -3.25. The van der Waals surface area contributed by atoms with Crippen LogP contribution in [0.2, 0.25) is 0 Å². The molecule has 1 N–H and O–H groups in total. The van der Waals surface area contributed by atoms with Gasteiger partial charge < -0.3 is 0 Å². The summed E-state index contributed by atoms with van der Waals surface area (Å²) in [6.07, 6.45) is 12.1. The highest BCUT2D eigenvalue weighted by atomic mass is 32.2. The number of sulfonamides is 1. The summed E-state index contributed by atoms with van der Waals surface area (Å²) in [6.45, 7) is 2.98. The number of nitrogens with zero attached hydrogens (tertiary/aromatic N) is 1. The summed E-state index contributed by atoms with van der Waals surface area (Å²) >= 11 is 0. The van der Waals surface area contributed by atoms with Gasteiger partial charge in [-0.2, -0.15) is 0 Å². The minimum Gasteiger partial charge on any atom is -0.299 e. The fourth-order valence-corrected chi connectivity index (χ4v) is 5.48. The Bertz CT molecular complexity index is 1360. The van der Waals surface area contributed by atoms with Crippen LogP contribution in [0.1, 0.15) is 40.7 Å². The van der Waals surface area contributed by atoms with E-state index >= 15 is 0 Å². The molecule has 3 aromatic carbocycles. The van der Waals surface area contributed by atoms with E-state index in [4.69, 9.17) is 0 Å². The van der Waals surface area contributed by atoms with Gasteiger partial charge in [-0.3, -0.25) is 9.62 Å². The maximum atomic E-state index is 11.4. The highest BCUT2D eigenvalue weighted by Gasteiger charge is 2.22. The predicted molar refractivity (Wildman–Crippen MR) is 147 cm³/mol. The molecule has 4 nitrogen and oxygen atoms in total. The molecule has 5 rings (SSSR count). The molecule has 1 aliphatic heterocycles. The number of rotatable bonds is 5. The van der Waals surface area contributed by atoms with Crippen LogP contribution >= 0.6 is 0 Å². The van der Waals surface area contributed by atoms with Crippen LogP contribution in [-0.2, 0) is 10.0 Å². The van der Waals surface area contributed by atoms with Crippen LogP contribution in [0, 0.1) is 0 Å². The molecular formula is C30H30N2O2S. The van der Waals surface area contributed by atoms with E-state index in [9.17, 15) is 8.42 Å². The SMILES string of the molecule is CS(=O)(=O)Nc1ccc(C=CCN2CCC(=C3c4ccccc4C=Cc4ccccc43)CC2)cc1. The van der Waals surface area contributed by atoms with Gasteiger partial charge in [0.05, 0.1) is 6.26 Å². The molecular weight excluding hydrogens is 452 g/mol. The Morgan fingerprint density at radius 2 is 1.40 bits per heavy atom. The van der Waals surface area contributed by atoms with E-state index in [-0.39, 0.29) is 0 Å². The first-order valence-electron chi connectivity index (χ1n) is 12.0. The minimum absolute atomic E-state index is 0.582. The maximum Gasteiger partial charge on any atom is 0.229 e. The number of benzene rings is 3. The van der Waals surface area contributed by atoms with Gasteiger partial charge in [-0.05, 0) is 58.4 Å². The third kappa shape index (κ3) is 5.64. The number of piperidine rings is 1. The Morgan fingerprint density at radius 3 is 1.97 bits per heavy atom. The Hall–Kier alpha value is -3.41. The lowest BCUT2D eigenvalue weighted by atomic mass is 9.86. The zero-order valence-corrected chi connectivity index (χ0v) is 20.8. The average molecular weight is 483 g/mol. The number of nitrogens with one attached hydrogen (secondary N) is 1. The van der Waals surface area contributed by atoms with E-state index in [1.807, 2.05) is 12.1 Å². The largest absolute Gasteiger partial charge is 0.299 e. The summed E-state index contributed by atoms with van der Waals surface area (Å²) in [6, 6.07) is 24.9. The molecule has 0 spiro atoms. The van der Waals surface area contributed by atoms with Crippen LogP contribution in [0.3, 0.4) is 0 Å². The normalized spacial score (nSPS) is 16.1. The van der Waals surface area contributed by atoms with Gasteiger partial charge in [-0.15, -0.1) is 0 Å². The quantitative estimate of drug-likeness (QED) is 0.371. The lowest BCUT2D eigenvalue weighted by molar-refractivity contribution is 0.284. The maximum absolute atomic E-state index is 11.4. The number of hydrogen-bond donors (Lipinski definition) is 1. The van der Waals surface area contributed by atoms with Crippen molar-refractivity contribution in [1.29, 1.82) is 0 Å². The van der Waals surface area contributed by atoms with Crippen LogP contribution in [0.4, 0.5) is 5.69 Å². The molecule has 0 saturated carbocycles. The number of hydrogen-bond acceptors (Lipinski definition) is 3. The molecule has 35 heavy (non-hydrogen) atoms. The predicted octanol–water partition coefficient (Wildman–Crippen LogP) is 6.15. The van der Waals surface area contributed by atoms with Gasteiger partial charge in [0.2, 0.25) is 10.0 Å². The monoisotopic (exact) mass is 482 g/mol. The van der Waals surface area contributed by atoms with Crippen molar-refractivity contribution in [2.24, 2.45) is 0 Å². The molecule has 5 heteroatoms. The van der Waals surface area contributed by atoms with Gasteiger partial charge in [-0.25, -0.2) is 8.42 Å². The standard InChI is InChI=1S/C30H30N2O2S/c1-35(33,34)31-27-16-12-23(13-17-27)7-6-20-32-21-18-26(19-22-32)30-28-10-4-2-8-24(28)14-15-25-9-3-5-11-29(25)30/h2-17,31H,18-22H2,1H3. The first kappa shape index (κ1) is 23.3. The van der Waals surface area contributed by atoms with E-state index in [0.717, 1.165) is 44.3 Å². The van der Waals surface area contributed by atoms with Gasteiger partial charge >= 0.3 is 0 Å². The summed E-state index contributed by atoms with van der Waals surface area (Å²) < 4.78 is 25.2. The van der Waals surface area contributed by atoms with Crippen molar-refractivity contribution in [2.75, 3.05) is 30.6 Å². The van der Waals surface area contributed by atoms with Crippen molar-refractivity contribution in [3.05, 3.63) is 112 Å². The molecule has 0 bridgehead atoms. The molecule has 178 valence electrons. The third-order valence-electron chi connectivity index (χ3n) is 6.60. The van der Waals surface area contributed by atoms with Crippen LogP contribution in [-0.4, -0.2) is 39.2 Å². The second-order valence-corrected chi connectivity index (χ2v) is 10.9. The molecule has 3 aromatic rings. The van der Waals surface area contributed by atoms with Crippen molar-refractivity contribution < 1.29 is 8.42 Å². The summed E-state index contributed by atoms with van der Waals surface area (Å²) in [5.41, 5.74) is 9.85. The molecule has 0 amide bonds. The van der Waals surface area contributed by atoms with Gasteiger partial charge in [0.1, 0.15) is 0 Å². The van der Waals surface area contributed by atoms with E-state index in [0.29, 0.717) is 5.69 Å². The van der Waals surface area contributed by atoms with Crippen molar-refractivity contribution in [3.8, 4) is 0 Å². The van der Waals surface area contributed by atoms with Crippen molar-refractivity contribution in [2.45, 2.75) is 12.8 Å². The first-order valence-corrected chi connectivity index (χ1v) is 13.9. The molecule has 1 aliphatic carbocycles. The fraction of sp³-hybridized carbons (Fsp3) is 0.200. The average Bonchev–Trinajstić information content (AvgIpc) is 3.02. The van der Waals surface area contributed by atoms with Crippen molar-refractivity contribution in [3.63, 3.8) is 0 Å². The molecule has 0 unspecified atom stereocenters. The molecule has 0 atom stereocenters. The van der Waals surface area contributed by atoms with Crippen LogP contribution < -0.4 is 4.72 Å². The second kappa shape index (κ2) is 10.1. The lowest BCUT2D eigenvalue weighted by Crippen LogP contribution is -2.31. The topological polar surface area (TPSA) is 49.4 Å². The van der Waals surface area contributed by atoms with Crippen LogP contribution in [0.15, 0.2) is 84.4 Å². The number of anilines is 1. The Kier molecular flexibility index (Phi) is 6.71. The Balaban J connectivity index is 1.28. The number of likely N-dealkylation sites (tertiary alicyclic amines) is 1. The van der Waals surface area contributed by atoms with E-state index < -0.39 is 10.0 Å². The van der Waals surface area contributed by atoms with Crippen molar-refractivity contribution >= 4 is 39.5 Å². The fourth-order valence-electron chi connectivity index (χ4n) is 4.92. The Labute approximate surface area is 208 Å². The molecule has 1 saturated heterocycles. The number of fused-ring (bicyclic) bond motifs is 2. The van der Waals surface area contributed by atoms with E-state index in [1.165, 1.54) is 27.8 Å². The smallest absolute Gasteiger partial charge is 0.229 e. The van der Waals surface area contributed by atoms with Crippen LogP contribution in [0.5, 0.6) is 0 Å². The van der Waals surface area contributed by atoms with Gasteiger partial charge in [-0.1, -0.05) is 90.5 Å². The lowest BCUT2D eigenvalue weighted by Gasteiger charge is -2.29. The molecule has 0 radical (unpaired) electrons. The molecule has 0 aromatic heterocycles.